The Balaban J connectivity index is 2.05. The highest BCUT2D eigenvalue weighted by molar-refractivity contribution is 7.90. The molecule has 0 fully saturated rings. The Morgan fingerprint density at radius 2 is 1.90 bits per heavy atom. The molecular weight excluding hydrogens is 274 g/mol. The standard InChI is InChI=1S/C14H19N3O2S/c1-4-11-9-13(17(2)16-11)10-15-12-5-7-14(8-6-12)20(3,18)19/h5-9,15H,4,10H2,1-3H3. The van der Waals surface area contributed by atoms with Gasteiger partial charge in [-0.1, -0.05) is 6.92 Å². The summed E-state index contributed by atoms with van der Waals surface area (Å²) >= 11 is 0. The Labute approximate surface area is 119 Å². The van der Waals surface area contributed by atoms with Gasteiger partial charge in [-0.25, -0.2) is 8.42 Å². The van der Waals surface area contributed by atoms with E-state index in [-0.39, 0.29) is 0 Å². The van der Waals surface area contributed by atoms with E-state index in [2.05, 4.69) is 23.4 Å². The maximum atomic E-state index is 11.4. The molecule has 1 aromatic carbocycles. The predicted molar refractivity (Wildman–Crippen MR) is 79.5 cm³/mol. The van der Waals surface area contributed by atoms with Crippen LogP contribution in [0.1, 0.15) is 18.3 Å². The SMILES string of the molecule is CCc1cc(CNc2ccc(S(C)(=O)=O)cc2)n(C)n1. The minimum absolute atomic E-state index is 0.330. The molecule has 0 aliphatic carbocycles. The summed E-state index contributed by atoms with van der Waals surface area (Å²) in [4.78, 5) is 0.330. The normalized spacial score (nSPS) is 11.6. The van der Waals surface area contributed by atoms with Crippen molar-refractivity contribution in [1.29, 1.82) is 0 Å². The second kappa shape index (κ2) is 5.66. The summed E-state index contributed by atoms with van der Waals surface area (Å²) in [6.07, 6.45) is 2.12. The van der Waals surface area contributed by atoms with Crippen LogP contribution >= 0.6 is 0 Å². The number of hydrogen-bond donors (Lipinski definition) is 1. The third-order valence-corrected chi connectivity index (χ3v) is 4.27. The smallest absolute Gasteiger partial charge is 0.175 e. The van der Waals surface area contributed by atoms with E-state index in [9.17, 15) is 8.42 Å². The maximum absolute atomic E-state index is 11.4. The third kappa shape index (κ3) is 3.39. The number of nitrogens with one attached hydrogen (secondary N) is 1. The molecule has 6 heteroatoms. The molecule has 0 saturated carbocycles. The Morgan fingerprint density at radius 3 is 2.40 bits per heavy atom. The van der Waals surface area contributed by atoms with Crippen molar-refractivity contribution in [2.45, 2.75) is 24.8 Å². The van der Waals surface area contributed by atoms with Crippen LogP contribution in [0, 0.1) is 0 Å². The summed E-state index contributed by atoms with van der Waals surface area (Å²) in [7, 11) is -1.22. The second-order valence-corrected chi connectivity index (χ2v) is 6.77. The summed E-state index contributed by atoms with van der Waals surface area (Å²) in [6, 6.07) is 8.83. The maximum Gasteiger partial charge on any atom is 0.175 e. The van der Waals surface area contributed by atoms with E-state index in [0.717, 1.165) is 23.5 Å². The van der Waals surface area contributed by atoms with Crippen LogP contribution in [0.3, 0.4) is 0 Å². The fourth-order valence-corrected chi connectivity index (χ4v) is 2.55. The number of hydrogen-bond acceptors (Lipinski definition) is 4. The summed E-state index contributed by atoms with van der Waals surface area (Å²) in [5.74, 6) is 0. The lowest BCUT2D eigenvalue weighted by atomic mass is 10.3. The molecular formula is C14H19N3O2S. The third-order valence-electron chi connectivity index (χ3n) is 3.15. The fraction of sp³-hybridized carbons (Fsp3) is 0.357. The number of rotatable bonds is 5. The van der Waals surface area contributed by atoms with Gasteiger partial charge in [-0.15, -0.1) is 0 Å². The van der Waals surface area contributed by atoms with E-state index < -0.39 is 9.84 Å². The monoisotopic (exact) mass is 293 g/mol. The first-order valence-corrected chi connectivity index (χ1v) is 8.35. The molecule has 0 spiro atoms. The topological polar surface area (TPSA) is 64.0 Å². The molecule has 2 rings (SSSR count). The van der Waals surface area contributed by atoms with Crippen LogP contribution in [0.25, 0.3) is 0 Å². The summed E-state index contributed by atoms with van der Waals surface area (Å²) < 4.78 is 24.6. The molecule has 0 amide bonds. The van der Waals surface area contributed by atoms with Crippen molar-refractivity contribution in [3.05, 3.63) is 41.7 Å². The van der Waals surface area contributed by atoms with Gasteiger partial charge in [0.25, 0.3) is 0 Å². The molecule has 0 unspecified atom stereocenters. The van der Waals surface area contributed by atoms with Gasteiger partial charge in [0, 0.05) is 19.0 Å². The molecule has 1 aromatic heterocycles. The van der Waals surface area contributed by atoms with Crippen LogP contribution in [0.2, 0.25) is 0 Å². The number of aromatic nitrogens is 2. The van der Waals surface area contributed by atoms with E-state index in [0.29, 0.717) is 11.4 Å². The minimum atomic E-state index is -3.14. The van der Waals surface area contributed by atoms with Gasteiger partial charge >= 0.3 is 0 Å². The molecule has 0 atom stereocenters. The molecule has 108 valence electrons. The van der Waals surface area contributed by atoms with Crippen molar-refractivity contribution < 1.29 is 8.42 Å². The Kier molecular flexibility index (Phi) is 4.13. The summed E-state index contributed by atoms with van der Waals surface area (Å²) in [5, 5.41) is 7.65. The molecule has 0 radical (unpaired) electrons. The van der Waals surface area contributed by atoms with Crippen LogP contribution in [-0.4, -0.2) is 24.5 Å². The average molecular weight is 293 g/mol. The molecule has 1 N–H and O–H groups in total. The molecule has 1 heterocycles. The zero-order valence-corrected chi connectivity index (χ0v) is 12.7. The van der Waals surface area contributed by atoms with Gasteiger partial charge in [0.2, 0.25) is 0 Å². The molecule has 2 aromatic rings. The average Bonchev–Trinajstić information content (AvgIpc) is 2.76. The lowest BCUT2D eigenvalue weighted by Crippen LogP contribution is -2.05. The van der Waals surface area contributed by atoms with E-state index in [1.54, 1.807) is 24.3 Å². The molecule has 20 heavy (non-hydrogen) atoms. The Bertz CT molecular complexity index is 688. The van der Waals surface area contributed by atoms with Crippen molar-refractivity contribution in [3.8, 4) is 0 Å². The van der Waals surface area contributed by atoms with Crippen LogP contribution < -0.4 is 5.32 Å². The highest BCUT2D eigenvalue weighted by atomic mass is 32.2. The molecule has 0 aliphatic rings. The molecule has 5 nitrogen and oxygen atoms in total. The first-order valence-electron chi connectivity index (χ1n) is 6.46. The van der Waals surface area contributed by atoms with Crippen molar-refractivity contribution >= 4 is 15.5 Å². The van der Waals surface area contributed by atoms with Gasteiger partial charge in [-0.3, -0.25) is 4.68 Å². The zero-order valence-electron chi connectivity index (χ0n) is 11.9. The largest absolute Gasteiger partial charge is 0.379 e. The number of anilines is 1. The van der Waals surface area contributed by atoms with Crippen LogP contribution in [0.15, 0.2) is 35.2 Å². The molecule has 0 saturated heterocycles. The van der Waals surface area contributed by atoms with Crippen LogP contribution in [0.4, 0.5) is 5.69 Å². The fourth-order valence-electron chi connectivity index (χ4n) is 1.92. The van der Waals surface area contributed by atoms with Crippen molar-refractivity contribution in [2.75, 3.05) is 11.6 Å². The van der Waals surface area contributed by atoms with Gasteiger partial charge in [-0.05, 0) is 36.8 Å². The zero-order chi connectivity index (χ0) is 14.8. The van der Waals surface area contributed by atoms with Gasteiger partial charge in [0.15, 0.2) is 9.84 Å². The molecule has 0 bridgehead atoms. The van der Waals surface area contributed by atoms with Gasteiger partial charge in [0.1, 0.15) is 0 Å². The van der Waals surface area contributed by atoms with Crippen molar-refractivity contribution in [1.82, 2.24) is 9.78 Å². The number of sulfone groups is 1. The van der Waals surface area contributed by atoms with E-state index in [1.807, 2.05) is 11.7 Å². The first-order chi connectivity index (χ1) is 9.40. The van der Waals surface area contributed by atoms with Crippen LogP contribution in [-0.2, 0) is 29.9 Å². The predicted octanol–water partition coefficient (Wildman–Crippen LogP) is 2.00. The van der Waals surface area contributed by atoms with Gasteiger partial charge in [0.05, 0.1) is 22.8 Å². The van der Waals surface area contributed by atoms with E-state index in [1.165, 1.54) is 6.26 Å². The number of aryl methyl sites for hydroxylation is 2. The quantitative estimate of drug-likeness (QED) is 0.916. The lowest BCUT2D eigenvalue weighted by molar-refractivity contribution is 0.602. The highest BCUT2D eigenvalue weighted by Gasteiger charge is 2.07. The summed E-state index contributed by atoms with van der Waals surface area (Å²) in [5.41, 5.74) is 3.04. The van der Waals surface area contributed by atoms with Crippen LogP contribution in [0.5, 0.6) is 0 Å². The van der Waals surface area contributed by atoms with Gasteiger partial charge in [-0.2, -0.15) is 5.10 Å². The van der Waals surface area contributed by atoms with Crippen molar-refractivity contribution in [2.24, 2.45) is 7.05 Å². The van der Waals surface area contributed by atoms with E-state index in [4.69, 9.17) is 0 Å². The first kappa shape index (κ1) is 14.6. The molecule has 0 aliphatic heterocycles. The minimum Gasteiger partial charge on any atom is -0.379 e. The summed E-state index contributed by atoms with van der Waals surface area (Å²) in [6.45, 7) is 2.73. The highest BCUT2D eigenvalue weighted by Crippen LogP contribution is 2.15. The second-order valence-electron chi connectivity index (χ2n) is 4.75. The Hall–Kier alpha value is -1.82. The van der Waals surface area contributed by atoms with Gasteiger partial charge < -0.3 is 5.32 Å². The van der Waals surface area contributed by atoms with E-state index >= 15 is 0 Å². The lowest BCUT2D eigenvalue weighted by Gasteiger charge is -2.07. The Morgan fingerprint density at radius 1 is 1.25 bits per heavy atom. The van der Waals surface area contributed by atoms with Crippen molar-refractivity contribution in [3.63, 3.8) is 0 Å². The number of benzene rings is 1. The number of nitrogens with zero attached hydrogens (tertiary/aromatic N) is 2.